The van der Waals surface area contributed by atoms with Gasteiger partial charge in [0.25, 0.3) is 0 Å². The van der Waals surface area contributed by atoms with E-state index in [1.54, 1.807) is 25.1 Å². The molecule has 2 rings (SSSR count). The fourth-order valence-corrected chi connectivity index (χ4v) is 5.17. The number of hydrogen-bond acceptors (Lipinski definition) is 4. The minimum Gasteiger partial charge on any atom is -0.478 e. The molecular weight excluding hydrogens is 466 g/mol. The Balaban J connectivity index is 2.36. The summed E-state index contributed by atoms with van der Waals surface area (Å²) in [5.74, 6) is -1.54. The smallest absolute Gasteiger partial charge is 0.331 e. The van der Waals surface area contributed by atoms with Gasteiger partial charge in [0.15, 0.2) is 0 Å². The lowest BCUT2D eigenvalue weighted by Crippen LogP contribution is -2.61. The van der Waals surface area contributed by atoms with Crippen molar-refractivity contribution in [2.24, 2.45) is 16.7 Å². The highest BCUT2D eigenvalue weighted by Crippen LogP contribution is 2.43. The molecule has 0 radical (unpaired) electrons. The van der Waals surface area contributed by atoms with E-state index in [2.05, 4.69) is 42.7 Å². The van der Waals surface area contributed by atoms with Crippen LogP contribution in [0.25, 0.3) is 5.57 Å². The summed E-state index contributed by atoms with van der Waals surface area (Å²) in [6.07, 6.45) is 4.63. The first-order valence-electron chi connectivity index (χ1n) is 13.0. The monoisotopic (exact) mass is 511 g/mol. The molecule has 1 aliphatic carbocycles. The molecule has 1 aromatic rings. The second kappa shape index (κ2) is 11.6. The molecule has 7 nitrogen and oxygen atoms in total. The Hall–Kier alpha value is -2.93. The van der Waals surface area contributed by atoms with E-state index in [0.717, 1.165) is 17.6 Å². The van der Waals surface area contributed by atoms with Gasteiger partial charge in [-0.25, -0.2) is 4.79 Å². The van der Waals surface area contributed by atoms with Crippen LogP contribution in [-0.4, -0.2) is 60.0 Å². The van der Waals surface area contributed by atoms with Crippen LogP contribution in [0.3, 0.4) is 0 Å². The van der Waals surface area contributed by atoms with Gasteiger partial charge >= 0.3 is 5.97 Å². The lowest BCUT2D eigenvalue weighted by atomic mass is 9.74. The molecule has 1 unspecified atom stereocenters. The van der Waals surface area contributed by atoms with Gasteiger partial charge in [0, 0.05) is 18.0 Å². The number of hydrogen-bond donors (Lipinski definition) is 3. The number of aliphatic carboxylic acids is 1. The number of benzene rings is 1. The van der Waals surface area contributed by atoms with E-state index in [0.29, 0.717) is 0 Å². The van der Waals surface area contributed by atoms with Crippen LogP contribution in [0.2, 0.25) is 0 Å². The summed E-state index contributed by atoms with van der Waals surface area (Å²) in [5.41, 5.74) is 2.58. The van der Waals surface area contributed by atoms with Crippen molar-refractivity contribution in [2.75, 3.05) is 14.1 Å². The molecule has 0 heterocycles. The molecule has 3 N–H and O–H groups in total. The second-order valence-corrected chi connectivity index (χ2v) is 12.1. The maximum Gasteiger partial charge on any atom is 0.331 e. The van der Waals surface area contributed by atoms with E-state index >= 15 is 0 Å². The number of carboxylic acids is 1. The van der Waals surface area contributed by atoms with Gasteiger partial charge in [0.05, 0.1) is 12.1 Å². The van der Waals surface area contributed by atoms with E-state index in [9.17, 15) is 19.5 Å². The summed E-state index contributed by atoms with van der Waals surface area (Å²) in [6.45, 7) is 15.3. The second-order valence-electron chi connectivity index (χ2n) is 12.1. The van der Waals surface area contributed by atoms with E-state index in [1.165, 1.54) is 12.5 Å². The molecule has 0 saturated carbocycles. The Kier molecular flexibility index (Phi) is 9.53. The van der Waals surface area contributed by atoms with Gasteiger partial charge in [-0.2, -0.15) is 0 Å². The summed E-state index contributed by atoms with van der Waals surface area (Å²) in [6, 6.07) is 6.43. The normalized spacial score (nSPS) is 16.5. The molecule has 3 atom stereocenters. The standard InChI is InChI=1S/C30H45N3O4/c1-18(2)23(17-19(3)28(36)37)33(10)27(35)25(29(4,5)6)32-26(34)24(31-9)30(7,8)22-16-15-20-13-11-12-14-21(20)22/h11-14,16-18,23-25,31H,15H2,1-10H3,(H,32,34)(H,36,37)/b19-17+/t23-,24?,25-/m1/s1. The number of carbonyl (C=O) groups is 3. The van der Waals surface area contributed by atoms with Crippen LogP contribution in [0.4, 0.5) is 0 Å². The number of likely N-dealkylation sites (N-methyl/N-ethyl adjacent to an activating group) is 2. The molecule has 0 spiro atoms. The lowest BCUT2D eigenvalue weighted by molar-refractivity contribution is -0.141. The highest BCUT2D eigenvalue weighted by atomic mass is 16.4. The Bertz CT molecular complexity index is 1080. The van der Waals surface area contributed by atoms with Gasteiger partial charge in [-0.15, -0.1) is 0 Å². The number of nitrogens with one attached hydrogen (secondary N) is 2. The van der Waals surface area contributed by atoms with E-state index < -0.39 is 34.9 Å². The van der Waals surface area contributed by atoms with Crippen LogP contribution >= 0.6 is 0 Å². The van der Waals surface area contributed by atoms with Crippen molar-refractivity contribution in [1.29, 1.82) is 0 Å². The molecule has 0 fully saturated rings. The first kappa shape index (κ1) is 30.3. The van der Waals surface area contributed by atoms with Gasteiger partial charge in [0.1, 0.15) is 6.04 Å². The van der Waals surface area contributed by atoms with Crippen molar-refractivity contribution < 1.29 is 19.5 Å². The van der Waals surface area contributed by atoms with Crippen molar-refractivity contribution in [3.8, 4) is 0 Å². The van der Waals surface area contributed by atoms with Crippen molar-refractivity contribution in [3.05, 3.63) is 53.1 Å². The number of fused-ring (bicyclic) bond motifs is 1. The minimum absolute atomic E-state index is 0.0158. The van der Waals surface area contributed by atoms with Crippen LogP contribution in [-0.2, 0) is 20.8 Å². The van der Waals surface area contributed by atoms with Gasteiger partial charge in [-0.05, 0) is 48.4 Å². The molecule has 37 heavy (non-hydrogen) atoms. The van der Waals surface area contributed by atoms with Crippen molar-refractivity contribution in [2.45, 2.75) is 79.9 Å². The Morgan fingerprint density at radius 3 is 2.16 bits per heavy atom. The average molecular weight is 512 g/mol. The van der Waals surface area contributed by atoms with Gasteiger partial charge in [-0.1, -0.05) is 84.9 Å². The Labute approximate surface area is 222 Å². The summed E-state index contributed by atoms with van der Waals surface area (Å²) in [5, 5.41) is 15.6. The zero-order valence-electron chi connectivity index (χ0n) is 24.1. The quantitative estimate of drug-likeness (QED) is 0.407. The van der Waals surface area contributed by atoms with E-state index in [-0.39, 0.29) is 23.3 Å². The third kappa shape index (κ3) is 6.69. The van der Waals surface area contributed by atoms with Gasteiger partial charge < -0.3 is 20.6 Å². The maximum absolute atomic E-state index is 13.8. The van der Waals surface area contributed by atoms with Crippen LogP contribution < -0.4 is 10.6 Å². The molecule has 1 aromatic carbocycles. The largest absolute Gasteiger partial charge is 0.478 e. The number of rotatable bonds is 10. The van der Waals surface area contributed by atoms with Crippen molar-refractivity contribution in [3.63, 3.8) is 0 Å². The zero-order chi connectivity index (χ0) is 28.3. The third-order valence-electron chi connectivity index (χ3n) is 7.44. The number of nitrogens with zero attached hydrogens (tertiary/aromatic N) is 1. The molecule has 1 aliphatic rings. The van der Waals surface area contributed by atoms with E-state index in [4.69, 9.17) is 0 Å². The highest BCUT2D eigenvalue weighted by molar-refractivity contribution is 5.93. The maximum atomic E-state index is 13.8. The number of allylic oxidation sites excluding steroid dienone is 1. The van der Waals surface area contributed by atoms with Gasteiger partial charge in [-0.3, -0.25) is 9.59 Å². The van der Waals surface area contributed by atoms with Gasteiger partial charge in [0.2, 0.25) is 11.8 Å². The molecule has 2 amide bonds. The molecule has 7 heteroatoms. The Morgan fingerprint density at radius 1 is 1.05 bits per heavy atom. The minimum atomic E-state index is -1.02. The van der Waals surface area contributed by atoms with Crippen LogP contribution in [0.1, 0.15) is 66.5 Å². The molecule has 204 valence electrons. The van der Waals surface area contributed by atoms with E-state index in [1.807, 2.05) is 46.8 Å². The summed E-state index contributed by atoms with van der Waals surface area (Å²) < 4.78 is 0. The lowest BCUT2D eigenvalue weighted by Gasteiger charge is -2.40. The summed E-state index contributed by atoms with van der Waals surface area (Å²) >= 11 is 0. The van der Waals surface area contributed by atoms with Crippen LogP contribution in [0.5, 0.6) is 0 Å². The van der Waals surface area contributed by atoms with Crippen molar-refractivity contribution in [1.82, 2.24) is 15.5 Å². The fourth-order valence-electron chi connectivity index (χ4n) is 5.17. The number of amides is 2. The molecule has 0 aromatic heterocycles. The zero-order valence-corrected chi connectivity index (χ0v) is 24.1. The van der Waals surface area contributed by atoms with Crippen molar-refractivity contribution >= 4 is 23.4 Å². The first-order chi connectivity index (χ1) is 17.0. The summed E-state index contributed by atoms with van der Waals surface area (Å²) in [7, 11) is 3.44. The molecular formula is C30H45N3O4. The predicted octanol–water partition coefficient (Wildman–Crippen LogP) is 4.29. The number of carboxylic acid groups (broad SMARTS) is 1. The van der Waals surface area contributed by atoms with Crippen LogP contribution in [0.15, 0.2) is 42.0 Å². The fraction of sp³-hybridized carbons (Fsp3) is 0.567. The highest BCUT2D eigenvalue weighted by Gasteiger charge is 2.43. The topological polar surface area (TPSA) is 98.7 Å². The average Bonchev–Trinajstić information content (AvgIpc) is 3.24. The molecule has 0 aliphatic heterocycles. The Morgan fingerprint density at radius 2 is 1.65 bits per heavy atom. The summed E-state index contributed by atoms with van der Waals surface area (Å²) in [4.78, 5) is 40.6. The van der Waals surface area contributed by atoms with Crippen LogP contribution in [0, 0.1) is 16.7 Å². The number of carbonyl (C=O) groups excluding carboxylic acids is 2. The predicted molar refractivity (Wildman–Crippen MR) is 149 cm³/mol. The molecule has 0 saturated heterocycles. The molecule has 0 bridgehead atoms. The first-order valence-corrected chi connectivity index (χ1v) is 13.0. The third-order valence-corrected chi connectivity index (χ3v) is 7.44. The SMILES string of the molecule is CNC(C(=O)N[C@H](C(=O)N(C)[C@H](/C=C(\C)C(=O)O)C(C)C)C(C)(C)C)C(C)(C)C1=CCc2ccccc21.